The molecule has 0 bridgehead atoms. The number of hydrogen-bond acceptors (Lipinski definition) is 2. The van der Waals surface area contributed by atoms with Gasteiger partial charge in [-0.05, 0) is 12.5 Å². The Balaban J connectivity index is 2.36. The van der Waals surface area contributed by atoms with Gasteiger partial charge < -0.3 is 4.74 Å². The zero-order valence-corrected chi connectivity index (χ0v) is 5.52. The normalized spacial score (nSPS) is 17.4. The summed E-state index contributed by atoms with van der Waals surface area (Å²) in [5, 5.41) is 0. The van der Waals surface area contributed by atoms with E-state index < -0.39 is 0 Å². The SMILES string of the molecule is CCCC1=CCC(=O)O1. The third-order valence-electron chi connectivity index (χ3n) is 1.24. The molecule has 1 aliphatic heterocycles. The van der Waals surface area contributed by atoms with Gasteiger partial charge in [0, 0.05) is 6.42 Å². The molecule has 0 atom stereocenters. The van der Waals surface area contributed by atoms with Crippen LogP contribution >= 0.6 is 0 Å². The minimum Gasteiger partial charge on any atom is -0.431 e. The van der Waals surface area contributed by atoms with E-state index in [0.29, 0.717) is 6.42 Å². The molecule has 9 heavy (non-hydrogen) atoms. The maximum absolute atomic E-state index is 10.5. The number of esters is 1. The van der Waals surface area contributed by atoms with E-state index in [-0.39, 0.29) is 5.97 Å². The number of rotatable bonds is 2. The van der Waals surface area contributed by atoms with Gasteiger partial charge in [-0.1, -0.05) is 6.92 Å². The fourth-order valence-corrected chi connectivity index (χ4v) is 0.826. The van der Waals surface area contributed by atoms with E-state index >= 15 is 0 Å². The molecule has 1 rings (SSSR count). The summed E-state index contributed by atoms with van der Waals surface area (Å²) in [7, 11) is 0. The van der Waals surface area contributed by atoms with E-state index in [4.69, 9.17) is 4.74 Å². The van der Waals surface area contributed by atoms with Gasteiger partial charge in [-0.15, -0.1) is 0 Å². The molecule has 0 spiro atoms. The lowest BCUT2D eigenvalue weighted by Gasteiger charge is -1.96. The van der Waals surface area contributed by atoms with E-state index in [1.807, 2.05) is 6.08 Å². The maximum atomic E-state index is 10.5. The van der Waals surface area contributed by atoms with Gasteiger partial charge in [0.15, 0.2) is 0 Å². The summed E-state index contributed by atoms with van der Waals surface area (Å²) in [6.07, 6.45) is 4.26. The highest BCUT2D eigenvalue weighted by atomic mass is 16.5. The predicted octanol–water partition coefficient (Wildman–Crippen LogP) is 1.62. The van der Waals surface area contributed by atoms with Crippen molar-refractivity contribution in [1.82, 2.24) is 0 Å². The lowest BCUT2D eigenvalue weighted by Crippen LogP contribution is -1.92. The summed E-state index contributed by atoms with van der Waals surface area (Å²) in [6.45, 7) is 2.06. The predicted molar refractivity (Wildman–Crippen MR) is 33.7 cm³/mol. The topological polar surface area (TPSA) is 26.3 Å². The largest absolute Gasteiger partial charge is 0.431 e. The molecule has 0 unspecified atom stereocenters. The average molecular weight is 126 g/mol. The Morgan fingerprint density at radius 1 is 1.78 bits per heavy atom. The molecule has 0 aliphatic carbocycles. The molecule has 0 saturated heterocycles. The minimum atomic E-state index is -0.113. The summed E-state index contributed by atoms with van der Waals surface area (Å²) in [4.78, 5) is 10.5. The van der Waals surface area contributed by atoms with Crippen LogP contribution in [0.5, 0.6) is 0 Å². The number of cyclic esters (lactones) is 1. The quantitative estimate of drug-likeness (QED) is 0.525. The van der Waals surface area contributed by atoms with Crippen molar-refractivity contribution < 1.29 is 9.53 Å². The zero-order valence-electron chi connectivity index (χ0n) is 5.52. The summed E-state index contributed by atoms with van der Waals surface area (Å²) >= 11 is 0. The Labute approximate surface area is 54.5 Å². The Kier molecular flexibility index (Phi) is 1.88. The molecule has 50 valence electrons. The van der Waals surface area contributed by atoms with Gasteiger partial charge in [0.1, 0.15) is 5.76 Å². The number of carbonyl (C=O) groups is 1. The zero-order chi connectivity index (χ0) is 6.69. The molecule has 2 nitrogen and oxygen atoms in total. The summed E-state index contributed by atoms with van der Waals surface area (Å²) < 4.78 is 4.82. The first-order chi connectivity index (χ1) is 4.33. The van der Waals surface area contributed by atoms with Crippen LogP contribution in [0.4, 0.5) is 0 Å². The van der Waals surface area contributed by atoms with Crippen LogP contribution in [0, 0.1) is 0 Å². The third kappa shape index (κ3) is 1.56. The molecule has 0 saturated carbocycles. The van der Waals surface area contributed by atoms with Crippen molar-refractivity contribution in [3.8, 4) is 0 Å². The second kappa shape index (κ2) is 2.67. The molecule has 0 radical (unpaired) electrons. The summed E-state index contributed by atoms with van der Waals surface area (Å²) in [5.74, 6) is 0.737. The number of hydrogen-bond donors (Lipinski definition) is 0. The van der Waals surface area contributed by atoms with Gasteiger partial charge >= 0.3 is 5.97 Å². The third-order valence-corrected chi connectivity index (χ3v) is 1.24. The van der Waals surface area contributed by atoms with Gasteiger partial charge in [-0.2, -0.15) is 0 Å². The first kappa shape index (κ1) is 6.33. The van der Waals surface area contributed by atoms with E-state index in [9.17, 15) is 4.79 Å². The van der Waals surface area contributed by atoms with Crippen molar-refractivity contribution in [3.63, 3.8) is 0 Å². The fraction of sp³-hybridized carbons (Fsp3) is 0.571. The van der Waals surface area contributed by atoms with E-state index in [0.717, 1.165) is 18.6 Å². The van der Waals surface area contributed by atoms with Crippen LogP contribution in [0.15, 0.2) is 11.8 Å². The molecule has 1 heterocycles. The lowest BCUT2D eigenvalue weighted by molar-refractivity contribution is -0.136. The Hall–Kier alpha value is -0.790. The Morgan fingerprint density at radius 2 is 2.56 bits per heavy atom. The van der Waals surface area contributed by atoms with Crippen molar-refractivity contribution in [2.24, 2.45) is 0 Å². The molecule has 0 N–H and O–H groups in total. The summed E-state index contributed by atoms with van der Waals surface area (Å²) in [6, 6.07) is 0. The maximum Gasteiger partial charge on any atom is 0.314 e. The monoisotopic (exact) mass is 126 g/mol. The molecule has 0 aromatic heterocycles. The van der Waals surface area contributed by atoms with Crippen LogP contribution in [-0.4, -0.2) is 5.97 Å². The van der Waals surface area contributed by atoms with Gasteiger partial charge in [-0.25, -0.2) is 0 Å². The van der Waals surface area contributed by atoms with Crippen LogP contribution in [0.3, 0.4) is 0 Å². The van der Waals surface area contributed by atoms with Crippen LogP contribution in [0.1, 0.15) is 26.2 Å². The van der Waals surface area contributed by atoms with Crippen molar-refractivity contribution >= 4 is 5.97 Å². The fourth-order valence-electron chi connectivity index (χ4n) is 0.826. The van der Waals surface area contributed by atoms with Crippen molar-refractivity contribution in [2.45, 2.75) is 26.2 Å². The average Bonchev–Trinajstić information content (AvgIpc) is 2.17. The molecule has 0 amide bonds. The molecule has 0 aromatic carbocycles. The summed E-state index contributed by atoms with van der Waals surface area (Å²) in [5.41, 5.74) is 0. The number of carbonyl (C=O) groups excluding carboxylic acids is 1. The highest BCUT2D eigenvalue weighted by Gasteiger charge is 2.11. The van der Waals surface area contributed by atoms with Gasteiger partial charge in [-0.3, -0.25) is 4.79 Å². The van der Waals surface area contributed by atoms with Gasteiger partial charge in [0.25, 0.3) is 0 Å². The van der Waals surface area contributed by atoms with Crippen LogP contribution < -0.4 is 0 Å². The molecule has 0 aromatic rings. The van der Waals surface area contributed by atoms with Crippen LogP contribution in [0.2, 0.25) is 0 Å². The molecule has 1 aliphatic rings. The number of ether oxygens (including phenoxy) is 1. The van der Waals surface area contributed by atoms with Crippen molar-refractivity contribution in [3.05, 3.63) is 11.8 Å². The van der Waals surface area contributed by atoms with Gasteiger partial charge in [0.05, 0.1) is 6.42 Å². The first-order valence-electron chi connectivity index (χ1n) is 3.22. The highest BCUT2D eigenvalue weighted by molar-refractivity contribution is 5.74. The second-order valence-electron chi connectivity index (χ2n) is 2.10. The Bertz CT molecular complexity index is 147. The lowest BCUT2D eigenvalue weighted by atomic mass is 10.3. The standard InChI is InChI=1S/C7H10O2/c1-2-3-6-4-5-7(8)9-6/h4H,2-3,5H2,1H3. The molecular formula is C7H10O2. The van der Waals surface area contributed by atoms with E-state index in [2.05, 4.69) is 6.92 Å². The van der Waals surface area contributed by atoms with Crippen molar-refractivity contribution in [2.75, 3.05) is 0 Å². The molecular weight excluding hydrogens is 116 g/mol. The first-order valence-corrected chi connectivity index (χ1v) is 3.22. The molecule has 0 fully saturated rings. The van der Waals surface area contributed by atoms with Crippen LogP contribution in [0.25, 0.3) is 0 Å². The smallest absolute Gasteiger partial charge is 0.314 e. The van der Waals surface area contributed by atoms with Crippen LogP contribution in [-0.2, 0) is 9.53 Å². The molecule has 2 heteroatoms. The van der Waals surface area contributed by atoms with E-state index in [1.54, 1.807) is 0 Å². The van der Waals surface area contributed by atoms with Crippen molar-refractivity contribution in [1.29, 1.82) is 0 Å². The minimum absolute atomic E-state index is 0.113. The van der Waals surface area contributed by atoms with E-state index in [1.165, 1.54) is 0 Å². The number of allylic oxidation sites excluding steroid dienone is 1. The second-order valence-corrected chi connectivity index (χ2v) is 2.10. The Morgan fingerprint density at radius 3 is 3.00 bits per heavy atom. The highest BCUT2D eigenvalue weighted by Crippen LogP contribution is 2.15. The van der Waals surface area contributed by atoms with Gasteiger partial charge in [0.2, 0.25) is 0 Å².